The van der Waals surface area contributed by atoms with E-state index in [1.165, 1.54) is 7.11 Å². The van der Waals surface area contributed by atoms with Gasteiger partial charge in [-0.25, -0.2) is 4.79 Å². The zero-order valence-corrected chi connectivity index (χ0v) is 23.1. The molecule has 4 aromatic heterocycles. The van der Waals surface area contributed by atoms with Crippen molar-refractivity contribution >= 4 is 68.4 Å². The van der Waals surface area contributed by atoms with Gasteiger partial charge in [0.15, 0.2) is 0 Å². The van der Waals surface area contributed by atoms with Gasteiger partial charge >= 0.3 is 57.4 Å². The van der Waals surface area contributed by atoms with Gasteiger partial charge in [-0.3, -0.25) is 14.8 Å². The fraction of sp³-hybridized carbons (Fsp3) is 0.200. The molecule has 0 saturated heterocycles. The fourth-order valence-electron chi connectivity index (χ4n) is 3.16. The minimum Gasteiger partial charge on any atom is -0.870 e. The van der Waals surface area contributed by atoms with Gasteiger partial charge < -0.3 is 20.2 Å². The molecule has 0 fully saturated rings. The molecule has 0 radical (unpaired) electrons. The van der Waals surface area contributed by atoms with Crippen LogP contribution in [-0.2, 0) is 4.74 Å². The van der Waals surface area contributed by atoms with E-state index in [1.54, 1.807) is 43.8 Å². The van der Waals surface area contributed by atoms with Gasteiger partial charge in [-0.1, -0.05) is 34.8 Å². The number of fused-ring (bicyclic) bond motifs is 2. The minimum atomic E-state index is -1.94. The van der Waals surface area contributed by atoms with Crippen molar-refractivity contribution in [1.82, 2.24) is 19.9 Å². The first kappa shape index (κ1) is 29.0. The number of H-pyrrole nitrogens is 2. The average molecular weight is 524 g/mol. The summed E-state index contributed by atoms with van der Waals surface area (Å²) in [6.45, 7) is 3.59. The molecule has 32 heavy (non-hydrogen) atoms. The Labute approximate surface area is 241 Å². The summed E-state index contributed by atoms with van der Waals surface area (Å²) in [5.41, 5.74) is 4.06. The van der Waals surface area contributed by atoms with Gasteiger partial charge in [-0.05, 0) is 26.0 Å². The quantitative estimate of drug-likeness (QED) is 0.179. The van der Waals surface area contributed by atoms with Gasteiger partial charge in [0.25, 0.3) is 3.79 Å². The van der Waals surface area contributed by atoms with E-state index in [1.807, 2.05) is 6.92 Å². The molecule has 0 bridgehead atoms. The summed E-state index contributed by atoms with van der Waals surface area (Å²) in [5.74, 6) is -0.854. The number of rotatable bonds is 2. The molecular weight excluding hydrogens is 506 g/mol. The second-order valence-corrected chi connectivity index (χ2v) is 8.69. The van der Waals surface area contributed by atoms with Crippen LogP contribution in [0.25, 0.3) is 21.8 Å². The number of carbonyl (C=O) groups is 2. The molecule has 0 aliphatic carbocycles. The smallest absolute Gasteiger partial charge is 0.870 e. The van der Waals surface area contributed by atoms with Crippen molar-refractivity contribution in [3.8, 4) is 0 Å². The van der Waals surface area contributed by atoms with E-state index in [2.05, 4.69) is 19.9 Å². The van der Waals surface area contributed by atoms with Crippen molar-refractivity contribution in [2.45, 2.75) is 17.6 Å². The van der Waals surface area contributed by atoms with Crippen LogP contribution in [0.5, 0.6) is 0 Å². The Balaban J connectivity index is 0.000000303. The van der Waals surface area contributed by atoms with Crippen molar-refractivity contribution in [3.05, 3.63) is 59.4 Å². The second kappa shape index (κ2) is 11.9. The van der Waals surface area contributed by atoms with Crippen LogP contribution in [0.15, 0.2) is 36.9 Å². The molecule has 3 N–H and O–H groups in total. The first-order valence-electron chi connectivity index (χ1n) is 8.69. The van der Waals surface area contributed by atoms with Gasteiger partial charge in [0.1, 0.15) is 0 Å². The number of ketones is 1. The van der Waals surface area contributed by atoms with Gasteiger partial charge in [0, 0.05) is 34.6 Å². The predicted octanol–water partition coefficient (Wildman–Crippen LogP) is 1.91. The Hall–Kier alpha value is -1.01. The molecule has 0 amide bonds. The fourth-order valence-corrected chi connectivity index (χ4v) is 3.44. The molecule has 0 aliphatic rings. The molecule has 164 valence electrons. The molecular formula is C20H18Cl3KN4O4. The van der Waals surface area contributed by atoms with E-state index in [9.17, 15) is 9.59 Å². The van der Waals surface area contributed by atoms with Crippen molar-refractivity contribution < 1.29 is 71.2 Å². The average Bonchev–Trinajstić information content (AvgIpc) is 3.21. The number of nitrogens with zero attached hydrogens (tertiary/aromatic N) is 2. The van der Waals surface area contributed by atoms with Gasteiger partial charge in [0.2, 0.25) is 5.78 Å². The molecule has 0 saturated carbocycles. The maximum atomic E-state index is 11.9. The van der Waals surface area contributed by atoms with Gasteiger partial charge in [0.05, 0.1) is 41.7 Å². The Bertz CT molecular complexity index is 1250. The van der Waals surface area contributed by atoms with E-state index < -0.39 is 9.58 Å². The van der Waals surface area contributed by atoms with Gasteiger partial charge in [-0.15, -0.1) is 0 Å². The number of esters is 1. The van der Waals surface area contributed by atoms with Crippen molar-refractivity contribution in [2.75, 3.05) is 7.11 Å². The molecule has 4 aromatic rings. The number of ether oxygens (including phenoxy) is 1. The molecule has 0 aliphatic heterocycles. The molecule has 0 atom stereocenters. The number of methoxy groups -OCH3 is 1. The predicted molar refractivity (Wildman–Crippen MR) is 120 cm³/mol. The normalized spacial score (nSPS) is 10.6. The summed E-state index contributed by atoms with van der Waals surface area (Å²) in [7, 11) is 1.38. The maximum Gasteiger partial charge on any atom is 1.00 e. The van der Waals surface area contributed by atoms with Gasteiger partial charge in [-0.2, -0.15) is 0 Å². The third-order valence-corrected chi connectivity index (χ3v) is 4.96. The molecule has 8 nitrogen and oxygen atoms in total. The maximum absolute atomic E-state index is 11.9. The molecule has 0 aromatic carbocycles. The minimum absolute atomic E-state index is 0. The Morgan fingerprint density at radius 3 is 1.78 bits per heavy atom. The van der Waals surface area contributed by atoms with E-state index in [-0.39, 0.29) is 62.8 Å². The van der Waals surface area contributed by atoms with Crippen LogP contribution in [0.1, 0.15) is 32.1 Å². The van der Waals surface area contributed by atoms with Crippen molar-refractivity contribution in [1.29, 1.82) is 0 Å². The number of carbonyl (C=O) groups excluding carboxylic acids is 2. The number of Topliss-reactive ketones (excluding diaryl/α,β-unsaturated/α-hetero) is 1. The summed E-state index contributed by atoms with van der Waals surface area (Å²) >= 11 is 16.8. The van der Waals surface area contributed by atoms with Crippen molar-refractivity contribution in [2.24, 2.45) is 0 Å². The van der Waals surface area contributed by atoms with Crippen LogP contribution in [0.4, 0.5) is 0 Å². The first-order valence-corrected chi connectivity index (χ1v) is 9.83. The molecule has 12 heteroatoms. The molecule has 0 unspecified atom stereocenters. The zero-order valence-electron chi connectivity index (χ0n) is 17.7. The van der Waals surface area contributed by atoms with Crippen LogP contribution in [0.2, 0.25) is 0 Å². The topological polar surface area (TPSA) is 131 Å². The SMILES string of the molecule is COC(=O)c1c(C)[nH]c2cnccc12.Cc1[nH]c2cnccc2c1C(=O)C(Cl)(Cl)Cl.[K+].[OH-]. The van der Waals surface area contributed by atoms with Crippen LogP contribution in [0.3, 0.4) is 0 Å². The second-order valence-electron chi connectivity index (χ2n) is 6.41. The number of hydrogen-bond donors (Lipinski definition) is 2. The largest absolute Gasteiger partial charge is 1.00 e. The summed E-state index contributed by atoms with van der Waals surface area (Å²) in [6, 6.07) is 3.51. The monoisotopic (exact) mass is 522 g/mol. The van der Waals surface area contributed by atoms with E-state index in [0.29, 0.717) is 22.2 Å². The molecule has 4 heterocycles. The van der Waals surface area contributed by atoms with Crippen LogP contribution >= 0.6 is 34.8 Å². The molecule has 4 rings (SSSR count). The van der Waals surface area contributed by atoms with Crippen molar-refractivity contribution in [3.63, 3.8) is 0 Å². The Morgan fingerprint density at radius 2 is 1.34 bits per heavy atom. The van der Waals surface area contributed by atoms with Crippen LogP contribution in [0, 0.1) is 13.8 Å². The summed E-state index contributed by atoms with van der Waals surface area (Å²) in [5, 5.41) is 1.56. The number of alkyl halides is 3. The van der Waals surface area contributed by atoms with E-state index >= 15 is 0 Å². The standard InChI is InChI=1S/C10H7Cl3N2O.C10H10N2O2.K.H2O/c1-5-8(9(16)10(11,12)13)6-2-3-14-4-7(6)15-5;1-6-9(10(13)14-2)7-3-4-11-5-8(7)12-6;;/h2-4,15H,1H3;3-5,12H,1-2H3;;1H2/q;;+1;/p-1. The molecule has 0 spiro atoms. The summed E-state index contributed by atoms with van der Waals surface area (Å²) < 4.78 is 2.76. The summed E-state index contributed by atoms with van der Waals surface area (Å²) in [4.78, 5) is 37.4. The number of aromatic nitrogens is 4. The van der Waals surface area contributed by atoms with Crippen LogP contribution in [-0.4, -0.2) is 48.1 Å². The number of nitrogens with one attached hydrogen (secondary N) is 2. The third-order valence-electron chi connectivity index (χ3n) is 4.45. The van der Waals surface area contributed by atoms with E-state index in [0.717, 1.165) is 22.1 Å². The summed E-state index contributed by atoms with van der Waals surface area (Å²) in [6.07, 6.45) is 6.55. The van der Waals surface area contributed by atoms with Crippen LogP contribution < -0.4 is 51.4 Å². The third kappa shape index (κ3) is 6.10. The number of pyridine rings is 2. The first-order chi connectivity index (χ1) is 14.1. The number of aromatic amines is 2. The Morgan fingerprint density at radius 1 is 0.906 bits per heavy atom. The Kier molecular flexibility index (Phi) is 10.8. The number of halogens is 3. The van der Waals surface area contributed by atoms with E-state index in [4.69, 9.17) is 39.5 Å². The zero-order chi connectivity index (χ0) is 22.1. The number of hydrogen-bond acceptors (Lipinski definition) is 6. The number of aryl methyl sites for hydroxylation is 2.